The van der Waals surface area contributed by atoms with E-state index in [9.17, 15) is 9.90 Å². The molecule has 5 nitrogen and oxygen atoms in total. The van der Waals surface area contributed by atoms with Crippen LogP contribution in [0.25, 0.3) is 0 Å². The Balaban J connectivity index is 1.88. The molecule has 156 valence electrons. The van der Waals surface area contributed by atoms with Gasteiger partial charge in [0.1, 0.15) is 5.82 Å². The summed E-state index contributed by atoms with van der Waals surface area (Å²) in [5.41, 5.74) is 0.576. The molecule has 1 aliphatic carbocycles. The molecule has 0 radical (unpaired) electrons. The number of anilines is 1. The van der Waals surface area contributed by atoms with E-state index in [1.54, 1.807) is 22.1 Å². The molecular weight excluding hydrogens is 454 g/mol. The van der Waals surface area contributed by atoms with Crippen LogP contribution in [0.2, 0.25) is 5.02 Å². The number of amides is 1. The number of hydrogen-bond acceptors (Lipinski definition) is 4. The molecule has 1 N–H and O–H groups in total. The predicted octanol–water partition coefficient (Wildman–Crippen LogP) is 4.90. The summed E-state index contributed by atoms with van der Waals surface area (Å²) < 4.78 is 0.957. The minimum Gasteiger partial charge on any atom is -0.388 e. The normalized spacial score (nSPS) is 15.8. The molecule has 0 saturated heterocycles. The van der Waals surface area contributed by atoms with Gasteiger partial charge < -0.3 is 14.9 Å². The van der Waals surface area contributed by atoms with Gasteiger partial charge in [0.25, 0.3) is 5.91 Å². The topological polar surface area (TPSA) is 56.7 Å². The van der Waals surface area contributed by atoms with Gasteiger partial charge in [-0.1, -0.05) is 58.9 Å². The lowest BCUT2D eigenvalue weighted by atomic mass is 9.84. The van der Waals surface area contributed by atoms with E-state index < -0.39 is 5.60 Å². The van der Waals surface area contributed by atoms with Gasteiger partial charge in [-0.05, 0) is 36.6 Å². The minimum absolute atomic E-state index is 0.177. The van der Waals surface area contributed by atoms with Crippen molar-refractivity contribution in [3.05, 3.63) is 57.2 Å². The molecule has 0 unspecified atom stereocenters. The predicted molar refractivity (Wildman–Crippen MR) is 120 cm³/mol. The van der Waals surface area contributed by atoms with Crippen LogP contribution in [0.15, 0.2) is 41.0 Å². The molecule has 1 heterocycles. The molecule has 1 saturated carbocycles. The maximum Gasteiger partial charge on any atom is 0.255 e. The first-order chi connectivity index (χ1) is 13.8. The number of pyridine rings is 1. The van der Waals surface area contributed by atoms with Crippen molar-refractivity contribution in [3.63, 3.8) is 0 Å². The zero-order valence-electron chi connectivity index (χ0n) is 16.9. The molecule has 1 aromatic carbocycles. The summed E-state index contributed by atoms with van der Waals surface area (Å²) in [5.74, 6) is 0.441. The smallest absolute Gasteiger partial charge is 0.255 e. The highest BCUT2D eigenvalue weighted by molar-refractivity contribution is 9.10. The monoisotopic (exact) mass is 479 g/mol. The van der Waals surface area contributed by atoms with Crippen LogP contribution in [0.4, 0.5) is 5.82 Å². The van der Waals surface area contributed by atoms with Gasteiger partial charge in [-0.2, -0.15) is 0 Å². The quantitative estimate of drug-likeness (QED) is 0.639. The molecular formula is C22H27BrClN3O2. The van der Waals surface area contributed by atoms with Crippen molar-refractivity contribution < 1.29 is 9.90 Å². The van der Waals surface area contributed by atoms with Crippen LogP contribution < -0.4 is 4.90 Å². The summed E-state index contributed by atoms with van der Waals surface area (Å²) >= 11 is 9.83. The molecule has 1 aliphatic rings. The molecule has 1 fully saturated rings. The molecule has 3 rings (SSSR count). The van der Waals surface area contributed by atoms with Crippen LogP contribution in [0.5, 0.6) is 0 Å². The van der Waals surface area contributed by atoms with E-state index in [2.05, 4.69) is 20.9 Å². The van der Waals surface area contributed by atoms with Crippen LogP contribution >= 0.6 is 27.5 Å². The Morgan fingerprint density at radius 1 is 1.24 bits per heavy atom. The number of nitrogens with zero attached hydrogens (tertiary/aromatic N) is 3. The zero-order chi connectivity index (χ0) is 21.0. The van der Waals surface area contributed by atoms with Gasteiger partial charge >= 0.3 is 0 Å². The number of benzene rings is 1. The third-order valence-corrected chi connectivity index (χ3v) is 6.08. The van der Waals surface area contributed by atoms with Crippen molar-refractivity contribution in [1.82, 2.24) is 9.88 Å². The van der Waals surface area contributed by atoms with E-state index >= 15 is 0 Å². The number of halogens is 2. The lowest BCUT2D eigenvalue weighted by molar-refractivity contribution is -0.0237. The van der Waals surface area contributed by atoms with Crippen molar-refractivity contribution in [2.24, 2.45) is 0 Å². The number of carbonyl (C=O) groups excluding carboxylic acids is 1. The highest BCUT2D eigenvalue weighted by Gasteiger charge is 2.33. The maximum absolute atomic E-state index is 13.4. The van der Waals surface area contributed by atoms with Crippen LogP contribution in [-0.4, -0.2) is 47.1 Å². The van der Waals surface area contributed by atoms with E-state index in [-0.39, 0.29) is 5.91 Å². The molecule has 1 amide bonds. The molecule has 1 aromatic heterocycles. The van der Waals surface area contributed by atoms with Crippen molar-refractivity contribution in [2.75, 3.05) is 25.5 Å². The largest absolute Gasteiger partial charge is 0.388 e. The van der Waals surface area contributed by atoms with Gasteiger partial charge in [0.2, 0.25) is 0 Å². The third kappa shape index (κ3) is 5.71. The molecule has 29 heavy (non-hydrogen) atoms. The summed E-state index contributed by atoms with van der Waals surface area (Å²) in [6, 6.07) is 9.53. The first-order valence-corrected chi connectivity index (χ1v) is 11.0. The van der Waals surface area contributed by atoms with Gasteiger partial charge in [-0.3, -0.25) is 4.79 Å². The summed E-state index contributed by atoms with van der Waals surface area (Å²) in [7, 11) is 3.71. The average molecular weight is 481 g/mol. The van der Waals surface area contributed by atoms with Crippen molar-refractivity contribution >= 4 is 39.3 Å². The van der Waals surface area contributed by atoms with Gasteiger partial charge in [-0.15, -0.1) is 0 Å². The Morgan fingerprint density at radius 2 is 1.97 bits per heavy atom. The summed E-state index contributed by atoms with van der Waals surface area (Å²) in [5, 5.41) is 11.5. The van der Waals surface area contributed by atoms with E-state index in [4.69, 9.17) is 11.6 Å². The zero-order valence-corrected chi connectivity index (χ0v) is 19.2. The third-order valence-electron chi connectivity index (χ3n) is 5.31. The summed E-state index contributed by atoms with van der Waals surface area (Å²) in [6.45, 7) is 0.707. The molecule has 7 heteroatoms. The standard InChI is InChI=1S/C22H27BrClN3O2/c1-26(2)20-19(24)12-17(13-25-20)21(28)27(14-16-7-6-8-18(23)11-16)15-22(29)9-4-3-5-10-22/h6-8,11-13,29H,3-5,9-10,14-15H2,1-2H3. The van der Waals surface area contributed by atoms with Gasteiger partial charge in [-0.25, -0.2) is 4.98 Å². The van der Waals surface area contributed by atoms with Crippen molar-refractivity contribution in [1.29, 1.82) is 0 Å². The summed E-state index contributed by atoms with van der Waals surface area (Å²) in [4.78, 5) is 21.2. The van der Waals surface area contributed by atoms with Crippen molar-refractivity contribution in [3.8, 4) is 0 Å². The average Bonchev–Trinajstić information content (AvgIpc) is 2.67. The molecule has 2 aromatic rings. The first kappa shape index (κ1) is 22.1. The van der Waals surface area contributed by atoms with Crippen LogP contribution in [-0.2, 0) is 6.54 Å². The highest BCUT2D eigenvalue weighted by atomic mass is 79.9. The fourth-order valence-corrected chi connectivity index (χ4v) is 4.62. The number of carbonyl (C=O) groups is 1. The fourth-order valence-electron chi connectivity index (χ4n) is 3.84. The summed E-state index contributed by atoms with van der Waals surface area (Å²) in [6.07, 6.45) is 6.10. The Hall–Kier alpha value is -1.63. The van der Waals surface area contributed by atoms with Crippen LogP contribution in [0.3, 0.4) is 0 Å². The first-order valence-electron chi connectivity index (χ1n) is 9.86. The molecule has 0 atom stereocenters. The molecule has 0 spiro atoms. The molecule has 0 bridgehead atoms. The number of aliphatic hydroxyl groups is 1. The van der Waals surface area contributed by atoms with Gasteiger partial charge in [0.15, 0.2) is 0 Å². The van der Waals surface area contributed by atoms with Crippen molar-refractivity contribution in [2.45, 2.75) is 44.2 Å². The lowest BCUT2D eigenvalue weighted by Gasteiger charge is -2.37. The van der Waals surface area contributed by atoms with Crippen LogP contribution in [0.1, 0.15) is 48.0 Å². The minimum atomic E-state index is -0.847. The van der Waals surface area contributed by atoms with Crippen LogP contribution in [0, 0.1) is 0 Å². The second-order valence-electron chi connectivity index (χ2n) is 8.00. The van der Waals surface area contributed by atoms with Gasteiger partial charge in [0.05, 0.1) is 22.7 Å². The lowest BCUT2D eigenvalue weighted by Crippen LogP contribution is -2.46. The Bertz CT molecular complexity index is 869. The van der Waals surface area contributed by atoms with E-state index in [1.165, 1.54) is 0 Å². The SMILES string of the molecule is CN(C)c1ncc(C(=O)N(Cc2cccc(Br)c2)CC2(O)CCCCC2)cc1Cl. The second kappa shape index (κ2) is 9.45. The maximum atomic E-state index is 13.4. The van der Waals surface area contributed by atoms with E-state index in [0.29, 0.717) is 42.3 Å². The van der Waals surface area contributed by atoms with Gasteiger partial charge in [0, 0.05) is 31.3 Å². The number of hydrogen-bond donors (Lipinski definition) is 1. The Morgan fingerprint density at radius 3 is 2.59 bits per heavy atom. The van der Waals surface area contributed by atoms with E-state index in [1.807, 2.05) is 38.4 Å². The fraction of sp³-hybridized carbons (Fsp3) is 0.455. The Kier molecular flexibility index (Phi) is 7.19. The number of rotatable bonds is 6. The second-order valence-corrected chi connectivity index (χ2v) is 9.32. The molecule has 0 aliphatic heterocycles. The highest BCUT2D eigenvalue weighted by Crippen LogP contribution is 2.30. The Labute approximate surface area is 185 Å². The van der Waals surface area contributed by atoms with E-state index in [0.717, 1.165) is 29.3 Å². The number of aromatic nitrogens is 1.